The van der Waals surface area contributed by atoms with Gasteiger partial charge < -0.3 is 4.74 Å². The van der Waals surface area contributed by atoms with Gasteiger partial charge in [0.05, 0.1) is 0 Å². The van der Waals surface area contributed by atoms with E-state index < -0.39 is 0 Å². The van der Waals surface area contributed by atoms with Crippen LogP contribution in [-0.2, 0) is 22.4 Å². The summed E-state index contributed by atoms with van der Waals surface area (Å²) in [6, 6.07) is 8.91. The lowest BCUT2D eigenvalue weighted by atomic mass is 9.89. The van der Waals surface area contributed by atoms with E-state index in [0.717, 1.165) is 25.7 Å². The van der Waals surface area contributed by atoms with E-state index in [2.05, 4.69) is 45.0 Å². The van der Waals surface area contributed by atoms with Gasteiger partial charge in [-0.2, -0.15) is 0 Å². The van der Waals surface area contributed by atoms with Crippen molar-refractivity contribution < 1.29 is 9.53 Å². The SMILES string of the molecule is CC(C)(C)CCCc1cccc(CCCC(C)(C)OC=O)c1. The highest BCUT2D eigenvalue weighted by molar-refractivity contribution is 5.38. The third-order valence-corrected chi connectivity index (χ3v) is 4.00. The van der Waals surface area contributed by atoms with Gasteiger partial charge in [-0.3, -0.25) is 4.79 Å². The van der Waals surface area contributed by atoms with E-state index in [1.54, 1.807) is 0 Å². The van der Waals surface area contributed by atoms with Crippen LogP contribution in [0.5, 0.6) is 0 Å². The molecule has 22 heavy (non-hydrogen) atoms. The minimum absolute atomic E-state index is 0.355. The Morgan fingerprint density at radius 1 is 0.955 bits per heavy atom. The third-order valence-electron chi connectivity index (χ3n) is 4.00. The third kappa shape index (κ3) is 8.21. The molecule has 2 nitrogen and oxygen atoms in total. The van der Waals surface area contributed by atoms with Gasteiger partial charge >= 0.3 is 0 Å². The van der Waals surface area contributed by atoms with Crippen LogP contribution in [0, 0.1) is 5.41 Å². The second kappa shape index (κ2) is 8.36. The molecule has 0 aliphatic heterocycles. The van der Waals surface area contributed by atoms with Crippen molar-refractivity contribution in [1.82, 2.24) is 0 Å². The normalized spacial score (nSPS) is 12.2. The molecule has 0 bridgehead atoms. The molecule has 0 aliphatic carbocycles. The van der Waals surface area contributed by atoms with Crippen LogP contribution >= 0.6 is 0 Å². The Balaban J connectivity index is 2.42. The van der Waals surface area contributed by atoms with Gasteiger partial charge in [0.2, 0.25) is 0 Å². The molecule has 0 aliphatic rings. The molecule has 0 amide bonds. The second-order valence-corrected chi connectivity index (χ2v) is 8.06. The highest BCUT2D eigenvalue weighted by Crippen LogP contribution is 2.22. The van der Waals surface area contributed by atoms with E-state index in [1.165, 1.54) is 24.0 Å². The van der Waals surface area contributed by atoms with Gasteiger partial charge in [-0.25, -0.2) is 0 Å². The van der Waals surface area contributed by atoms with Crippen LogP contribution in [0.1, 0.15) is 71.4 Å². The Morgan fingerprint density at radius 2 is 1.50 bits per heavy atom. The first-order valence-corrected chi connectivity index (χ1v) is 8.41. The molecule has 0 N–H and O–H groups in total. The van der Waals surface area contributed by atoms with Crippen LogP contribution in [0.4, 0.5) is 0 Å². The molecule has 0 spiro atoms. The first-order chi connectivity index (χ1) is 10.2. The Kier molecular flexibility index (Phi) is 7.12. The highest BCUT2D eigenvalue weighted by Gasteiger charge is 2.17. The van der Waals surface area contributed by atoms with Crippen LogP contribution in [0.3, 0.4) is 0 Å². The molecule has 0 saturated carbocycles. The zero-order valence-electron chi connectivity index (χ0n) is 14.9. The molecule has 2 heteroatoms. The molecule has 0 atom stereocenters. The average molecular weight is 304 g/mol. The maximum Gasteiger partial charge on any atom is 0.293 e. The summed E-state index contributed by atoms with van der Waals surface area (Å²) in [4.78, 5) is 10.4. The lowest BCUT2D eigenvalue weighted by Gasteiger charge is -2.22. The zero-order valence-corrected chi connectivity index (χ0v) is 14.9. The second-order valence-electron chi connectivity index (χ2n) is 8.06. The van der Waals surface area contributed by atoms with Crippen molar-refractivity contribution >= 4 is 6.47 Å². The van der Waals surface area contributed by atoms with Crippen molar-refractivity contribution in [3.05, 3.63) is 35.4 Å². The topological polar surface area (TPSA) is 26.3 Å². The first kappa shape index (κ1) is 18.7. The van der Waals surface area contributed by atoms with Crippen molar-refractivity contribution in [3.8, 4) is 0 Å². The lowest BCUT2D eigenvalue weighted by molar-refractivity contribution is -0.140. The van der Waals surface area contributed by atoms with E-state index in [0.29, 0.717) is 11.9 Å². The van der Waals surface area contributed by atoms with Gasteiger partial charge in [-0.15, -0.1) is 0 Å². The number of hydrogen-bond acceptors (Lipinski definition) is 2. The van der Waals surface area contributed by atoms with Gasteiger partial charge in [-0.1, -0.05) is 45.0 Å². The molecule has 0 aromatic heterocycles. The maximum absolute atomic E-state index is 10.4. The number of hydrogen-bond donors (Lipinski definition) is 0. The predicted octanol–water partition coefficient (Wildman–Crippen LogP) is 5.33. The molecule has 1 aromatic carbocycles. The average Bonchev–Trinajstić information content (AvgIpc) is 2.37. The summed E-state index contributed by atoms with van der Waals surface area (Å²) in [6.45, 7) is 11.4. The minimum Gasteiger partial charge on any atom is -0.462 e. The fourth-order valence-electron chi connectivity index (χ4n) is 2.67. The number of rotatable bonds is 9. The lowest BCUT2D eigenvalue weighted by Crippen LogP contribution is -2.23. The molecular formula is C20H32O2. The standard InChI is InChI=1S/C20H32O2/c1-19(2,3)13-7-11-17-9-6-10-18(15-17)12-8-14-20(4,5)22-16-21/h6,9-10,15-16H,7-8,11-14H2,1-5H3. The Morgan fingerprint density at radius 3 is 2.00 bits per heavy atom. The van der Waals surface area contributed by atoms with Crippen molar-refractivity contribution in [2.75, 3.05) is 0 Å². The van der Waals surface area contributed by atoms with Crippen LogP contribution in [-0.4, -0.2) is 12.1 Å². The molecule has 1 aromatic rings. The van der Waals surface area contributed by atoms with E-state index in [1.807, 2.05) is 13.8 Å². The number of benzene rings is 1. The van der Waals surface area contributed by atoms with Crippen molar-refractivity contribution in [2.45, 2.75) is 78.7 Å². The number of carbonyl (C=O) groups excluding carboxylic acids is 1. The predicted molar refractivity (Wildman–Crippen MR) is 93.0 cm³/mol. The number of ether oxygens (including phenoxy) is 1. The molecule has 0 fully saturated rings. The van der Waals surface area contributed by atoms with Crippen LogP contribution in [0.2, 0.25) is 0 Å². The molecule has 0 radical (unpaired) electrons. The van der Waals surface area contributed by atoms with E-state index >= 15 is 0 Å². The van der Waals surface area contributed by atoms with Crippen molar-refractivity contribution in [2.24, 2.45) is 5.41 Å². The van der Waals surface area contributed by atoms with Crippen molar-refractivity contribution in [3.63, 3.8) is 0 Å². The Hall–Kier alpha value is -1.31. The fourth-order valence-corrected chi connectivity index (χ4v) is 2.67. The first-order valence-electron chi connectivity index (χ1n) is 8.41. The summed E-state index contributed by atoms with van der Waals surface area (Å²) in [5, 5.41) is 0. The van der Waals surface area contributed by atoms with Crippen LogP contribution in [0.15, 0.2) is 24.3 Å². The molecule has 0 saturated heterocycles. The monoisotopic (exact) mass is 304 g/mol. The maximum atomic E-state index is 10.4. The Bertz CT molecular complexity index is 455. The summed E-state index contributed by atoms with van der Waals surface area (Å²) in [5.41, 5.74) is 2.88. The quantitative estimate of drug-likeness (QED) is 0.576. The van der Waals surface area contributed by atoms with E-state index in [4.69, 9.17) is 4.74 Å². The molecule has 1 rings (SSSR count). The number of aryl methyl sites for hydroxylation is 2. The van der Waals surface area contributed by atoms with Crippen LogP contribution in [0.25, 0.3) is 0 Å². The summed E-state index contributed by atoms with van der Waals surface area (Å²) < 4.78 is 5.10. The summed E-state index contributed by atoms with van der Waals surface area (Å²) >= 11 is 0. The Labute approximate surface area is 136 Å². The van der Waals surface area contributed by atoms with Crippen LogP contribution < -0.4 is 0 Å². The van der Waals surface area contributed by atoms with Gasteiger partial charge in [-0.05, 0) is 68.9 Å². The molecule has 0 heterocycles. The van der Waals surface area contributed by atoms with E-state index in [-0.39, 0.29) is 5.60 Å². The van der Waals surface area contributed by atoms with E-state index in [9.17, 15) is 4.79 Å². The zero-order chi connectivity index (χ0) is 16.6. The molecular weight excluding hydrogens is 272 g/mol. The highest BCUT2D eigenvalue weighted by atomic mass is 16.5. The van der Waals surface area contributed by atoms with Gasteiger partial charge in [0, 0.05) is 0 Å². The largest absolute Gasteiger partial charge is 0.462 e. The molecule has 124 valence electrons. The van der Waals surface area contributed by atoms with Gasteiger partial charge in [0.15, 0.2) is 0 Å². The number of carbonyl (C=O) groups is 1. The summed E-state index contributed by atoms with van der Waals surface area (Å²) in [7, 11) is 0. The summed E-state index contributed by atoms with van der Waals surface area (Å²) in [5.74, 6) is 0. The van der Waals surface area contributed by atoms with Gasteiger partial charge in [0.1, 0.15) is 5.60 Å². The van der Waals surface area contributed by atoms with Gasteiger partial charge in [0.25, 0.3) is 6.47 Å². The smallest absolute Gasteiger partial charge is 0.293 e. The summed E-state index contributed by atoms with van der Waals surface area (Å²) in [6.07, 6.45) is 6.62. The molecule has 0 unspecified atom stereocenters. The fraction of sp³-hybridized carbons (Fsp3) is 0.650. The van der Waals surface area contributed by atoms with Crippen molar-refractivity contribution in [1.29, 1.82) is 0 Å². The minimum atomic E-state index is -0.355.